The van der Waals surface area contributed by atoms with Crippen molar-refractivity contribution in [1.29, 1.82) is 0 Å². The highest BCUT2D eigenvalue weighted by atomic mass is 16.4. The topological polar surface area (TPSA) is 222 Å². The number of nitrogens with two attached hydrogens (primary N) is 2. The number of carbonyl (C=O) groups is 6. The largest absolute Gasteiger partial charge is 0.481 e. The molecular formula is C16H25N5O8. The maximum absolute atomic E-state index is 12.7. The minimum atomic E-state index is -1.57. The lowest BCUT2D eigenvalue weighted by Crippen LogP contribution is -2.58. The molecule has 1 rings (SSSR count). The molecule has 4 atom stereocenters. The summed E-state index contributed by atoms with van der Waals surface area (Å²) < 4.78 is 0. The molecular weight excluding hydrogens is 390 g/mol. The van der Waals surface area contributed by atoms with E-state index in [0.29, 0.717) is 6.42 Å². The monoisotopic (exact) mass is 415 g/mol. The molecule has 0 bridgehead atoms. The Morgan fingerprint density at radius 1 is 1.03 bits per heavy atom. The third-order valence-corrected chi connectivity index (χ3v) is 4.27. The van der Waals surface area contributed by atoms with E-state index in [1.54, 1.807) is 0 Å². The number of hydrogen-bond acceptors (Lipinski definition) is 7. The average Bonchev–Trinajstić information content (AvgIpc) is 3.08. The number of nitrogens with one attached hydrogen (secondary N) is 2. The van der Waals surface area contributed by atoms with Crippen LogP contribution in [0, 0.1) is 0 Å². The summed E-state index contributed by atoms with van der Waals surface area (Å²) in [5.41, 5.74) is 10.5. The Morgan fingerprint density at radius 3 is 2.10 bits per heavy atom. The lowest BCUT2D eigenvalue weighted by Gasteiger charge is -2.28. The number of carboxylic acid groups (broad SMARTS) is 2. The minimum Gasteiger partial charge on any atom is -0.481 e. The van der Waals surface area contributed by atoms with E-state index in [9.17, 15) is 33.9 Å². The molecule has 4 amide bonds. The number of nitrogens with zero attached hydrogens (tertiary/aromatic N) is 1. The number of hydrogen-bond donors (Lipinski definition) is 6. The van der Waals surface area contributed by atoms with E-state index in [2.05, 4.69) is 10.6 Å². The standard InChI is InChI=1S/C16H25N5O8/c1-7(17)13(25)19-8(6-12(23)24)14(26)20-9(5-11(18)22)15(27)21-4-2-3-10(21)16(28)29/h7-10H,2-6,17H2,1H3,(H2,18,22)(H,19,25)(H,20,26)(H,23,24)(H,28,29). The number of amides is 4. The van der Waals surface area contributed by atoms with Crippen molar-refractivity contribution in [3.8, 4) is 0 Å². The fraction of sp³-hybridized carbons (Fsp3) is 0.625. The lowest BCUT2D eigenvalue weighted by atomic mass is 10.1. The van der Waals surface area contributed by atoms with Gasteiger partial charge in [-0.1, -0.05) is 0 Å². The zero-order chi connectivity index (χ0) is 22.3. The maximum atomic E-state index is 12.7. The number of aliphatic carboxylic acids is 2. The van der Waals surface area contributed by atoms with E-state index in [1.165, 1.54) is 6.92 Å². The number of primary amides is 1. The predicted molar refractivity (Wildman–Crippen MR) is 95.9 cm³/mol. The van der Waals surface area contributed by atoms with Crippen LogP contribution in [0.3, 0.4) is 0 Å². The summed E-state index contributed by atoms with van der Waals surface area (Å²) in [6.45, 7) is 1.44. The molecule has 0 spiro atoms. The van der Waals surface area contributed by atoms with Crippen molar-refractivity contribution in [2.75, 3.05) is 6.54 Å². The first kappa shape index (κ1) is 23.8. The van der Waals surface area contributed by atoms with Crippen LogP contribution >= 0.6 is 0 Å². The molecule has 0 saturated carbocycles. The molecule has 1 heterocycles. The summed E-state index contributed by atoms with van der Waals surface area (Å²) >= 11 is 0. The third-order valence-electron chi connectivity index (χ3n) is 4.27. The molecule has 0 aliphatic carbocycles. The summed E-state index contributed by atoms with van der Waals surface area (Å²) in [5, 5.41) is 22.5. The van der Waals surface area contributed by atoms with Crippen molar-refractivity contribution >= 4 is 35.6 Å². The maximum Gasteiger partial charge on any atom is 0.326 e. The van der Waals surface area contributed by atoms with Gasteiger partial charge in [-0.2, -0.15) is 0 Å². The average molecular weight is 415 g/mol. The van der Waals surface area contributed by atoms with Gasteiger partial charge in [0.15, 0.2) is 0 Å². The fourth-order valence-electron chi connectivity index (χ4n) is 2.85. The number of carbonyl (C=O) groups excluding carboxylic acids is 4. The van der Waals surface area contributed by atoms with Crippen molar-refractivity contribution in [3.63, 3.8) is 0 Å². The predicted octanol–water partition coefficient (Wildman–Crippen LogP) is -3.27. The Balaban J connectivity index is 3.01. The molecule has 13 nitrogen and oxygen atoms in total. The molecule has 0 aromatic carbocycles. The zero-order valence-electron chi connectivity index (χ0n) is 15.8. The summed E-state index contributed by atoms with van der Waals surface area (Å²) in [4.78, 5) is 71.6. The summed E-state index contributed by atoms with van der Waals surface area (Å²) in [5.74, 6) is -6.26. The van der Waals surface area contributed by atoms with Gasteiger partial charge < -0.3 is 37.2 Å². The SMILES string of the molecule is CC(N)C(=O)NC(CC(=O)O)C(=O)NC(CC(N)=O)C(=O)N1CCCC1C(=O)O. The Kier molecular flexibility index (Phi) is 8.51. The van der Waals surface area contributed by atoms with Gasteiger partial charge in [0.25, 0.3) is 0 Å². The molecule has 1 saturated heterocycles. The van der Waals surface area contributed by atoms with E-state index in [0.717, 1.165) is 4.90 Å². The van der Waals surface area contributed by atoms with Crippen molar-refractivity contribution in [1.82, 2.24) is 15.5 Å². The van der Waals surface area contributed by atoms with Gasteiger partial charge >= 0.3 is 11.9 Å². The second-order valence-electron chi connectivity index (χ2n) is 6.71. The summed E-state index contributed by atoms with van der Waals surface area (Å²) in [6, 6.07) is -5.21. The fourth-order valence-corrected chi connectivity index (χ4v) is 2.85. The van der Waals surface area contributed by atoms with Gasteiger partial charge in [-0.3, -0.25) is 24.0 Å². The molecule has 0 radical (unpaired) electrons. The van der Waals surface area contributed by atoms with Gasteiger partial charge in [0.2, 0.25) is 23.6 Å². The van der Waals surface area contributed by atoms with Crippen LogP contribution < -0.4 is 22.1 Å². The van der Waals surface area contributed by atoms with E-state index in [1.807, 2.05) is 0 Å². The van der Waals surface area contributed by atoms with Crippen molar-refractivity contribution in [2.45, 2.75) is 56.8 Å². The first-order chi connectivity index (χ1) is 13.4. The van der Waals surface area contributed by atoms with E-state index in [-0.39, 0.29) is 13.0 Å². The van der Waals surface area contributed by atoms with Crippen LogP contribution in [0.4, 0.5) is 0 Å². The Morgan fingerprint density at radius 2 is 1.62 bits per heavy atom. The van der Waals surface area contributed by atoms with E-state index < -0.39 is 72.6 Å². The molecule has 4 unspecified atom stereocenters. The highest BCUT2D eigenvalue weighted by Crippen LogP contribution is 2.19. The van der Waals surface area contributed by atoms with Crippen molar-refractivity contribution < 1.29 is 39.0 Å². The highest BCUT2D eigenvalue weighted by molar-refractivity contribution is 5.97. The van der Waals surface area contributed by atoms with Gasteiger partial charge in [0.1, 0.15) is 18.1 Å². The molecule has 8 N–H and O–H groups in total. The van der Waals surface area contributed by atoms with Crippen LogP contribution in [-0.4, -0.2) is 81.4 Å². The Bertz CT molecular complexity index is 695. The van der Waals surface area contributed by atoms with Crippen LogP contribution in [0.2, 0.25) is 0 Å². The van der Waals surface area contributed by atoms with Gasteiger partial charge in [0.05, 0.1) is 18.9 Å². The van der Waals surface area contributed by atoms with Crippen LogP contribution in [-0.2, 0) is 28.8 Å². The molecule has 0 aromatic rings. The van der Waals surface area contributed by atoms with Crippen molar-refractivity contribution in [3.05, 3.63) is 0 Å². The summed E-state index contributed by atoms with van der Waals surface area (Å²) in [6.07, 6.45) is -0.798. The number of likely N-dealkylation sites (tertiary alicyclic amines) is 1. The van der Waals surface area contributed by atoms with Crippen LogP contribution in [0.25, 0.3) is 0 Å². The molecule has 162 valence electrons. The molecule has 1 aliphatic rings. The van der Waals surface area contributed by atoms with Gasteiger partial charge in [-0.05, 0) is 19.8 Å². The molecule has 1 aliphatic heterocycles. The first-order valence-electron chi connectivity index (χ1n) is 8.83. The lowest BCUT2D eigenvalue weighted by molar-refractivity contribution is -0.150. The highest BCUT2D eigenvalue weighted by Gasteiger charge is 2.39. The molecule has 29 heavy (non-hydrogen) atoms. The van der Waals surface area contributed by atoms with Gasteiger partial charge in [-0.15, -0.1) is 0 Å². The Hall–Kier alpha value is -3.22. The number of carboxylic acids is 2. The van der Waals surface area contributed by atoms with Crippen molar-refractivity contribution in [2.24, 2.45) is 11.5 Å². The molecule has 13 heteroatoms. The summed E-state index contributed by atoms with van der Waals surface area (Å²) in [7, 11) is 0. The normalized spacial score (nSPS) is 19.0. The smallest absolute Gasteiger partial charge is 0.326 e. The van der Waals surface area contributed by atoms with Gasteiger partial charge in [0, 0.05) is 6.54 Å². The second-order valence-corrected chi connectivity index (χ2v) is 6.71. The zero-order valence-corrected chi connectivity index (χ0v) is 15.8. The number of rotatable bonds is 10. The molecule has 1 fully saturated rings. The van der Waals surface area contributed by atoms with E-state index >= 15 is 0 Å². The Labute approximate surface area is 165 Å². The second kappa shape index (κ2) is 10.4. The van der Waals surface area contributed by atoms with Crippen LogP contribution in [0.5, 0.6) is 0 Å². The van der Waals surface area contributed by atoms with E-state index in [4.69, 9.17) is 16.6 Å². The van der Waals surface area contributed by atoms with Gasteiger partial charge in [-0.25, -0.2) is 4.79 Å². The quantitative estimate of drug-likeness (QED) is 0.210. The minimum absolute atomic E-state index is 0.112. The van der Waals surface area contributed by atoms with Crippen LogP contribution in [0.1, 0.15) is 32.6 Å². The molecule has 0 aromatic heterocycles. The van der Waals surface area contributed by atoms with Crippen LogP contribution in [0.15, 0.2) is 0 Å². The third kappa shape index (κ3) is 7.03. The first-order valence-corrected chi connectivity index (χ1v) is 8.83.